The number of halogens is 2. The van der Waals surface area contributed by atoms with Gasteiger partial charge >= 0.3 is 24.8 Å². The zero-order valence-electron chi connectivity index (χ0n) is 13.9. The molecule has 0 radical (unpaired) electrons. The maximum absolute atomic E-state index is 12.4. The Kier molecular flexibility index (Phi) is 5.56. The number of nitrogens with zero attached hydrogens (tertiary/aromatic N) is 1. The van der Waals surface area contributed by atoms with Crippen LogP contribution >= 0.6 is 23.2 Å². The molecule has 1 aromatic heterocycles. The number of nitrogens with one attached hydrogen (secondary N) is 2. The molecule has 6 nitrogen and oxygen atoms in total. The molecule has 138 valence electrons. The standard InChI is InChI=1S/C18H17Cl2N3O3.Li.H/c1-8-13(19)14(20)16(21-8)17(24)22-15-11-6-23(7-12(11)15)10-4-2-3-9(5-10)18(25)26;;/h2-5,11-12,15,21H,6-7H2,1H3,(H,22,24)(H,25,26);;/t11-,12+,15+;;. The Morgan fingerprint density at radius 2 is 1.89 bits per heavy atom. The van der Waals surface area contributed by atoms with E-state index in [1.54, 1.807) is 25.1 Å². The summed E-state index contributed by atoms with van der Waals surface area (Å²) in [6, 6.07) is 7.04. The number of carboxylic acid groups (broad SMARTS) is 1. The second-order valence-corrected chi connectivity index (χ2v) is 7.60. The van der Waals surface area contributed by atoms with Gasteiger partial charge in [-0.25, -0.2) is 4.79 Å². The van der Waals surface area contributed by atoms with Gasteiger partial charge in [-0.2, -0.15) is 0 Å². The van der Waals surface area contributed by atoms with E-state index in [2.05, 4.69) is 15.2 Å². The van der Waals surface area contributed by atoms with Crippen LogP contribution in [0.5, 0.6) is 0 Å². The van der Waals surface area contributed by atoms with Crippen LogP contribution in [-0.2, 0) is 0 Å². The fourth-order valence-electron chi connectivity index (χ4n) is 3.74. The first-order chi connectivity index (χ1) is 12.4. The SMILES string of the molecule is Cc1[nH]c(C(=O)N[C@H]2[C@@H]3CN(c4cccc(C(=O)O)c4)C[C@@H]32)c(Cl)c1Cl.[LiH]. The molecule has 2 aromatic rings. The predicted octanol–water partition coefficient (Wildman–Crippen LogP) is 2.54. The summed E-state index contributed by atoms with van der Waals surface area (Å²) in [5.41, 5.74) is 2.14. The van der Waals surface area contributed by atoms with Crippen molar-refractivity contribution in [1.29, 1.82) is 0 Å². The summed E-state index contributed by atoms with van der Waals surface area (Å²) in [4.78, 5) is 28.6. The van der Waals surface area contributed by atoms with Crippen molar-refractivity contribution in [2.75, 3.05) is 18.0 Å². The van der Waals surface area contributed by atoms with Gasteiger partial charge in [-0.1, -0.05) is 29.3 Å². The number of aromatic carboxylic acids is 1. The van der Waals surface area contributed by atoms with Crippen molar-refractivity contribution in [2.45, 2.75) is 13.0 Å². The van der Waals surface area contributed by atoms with Crippen molar-refractivity contribution in [3.8, 4) is 0 Å². The molecule has 2 heterocycles. The number of carboxylic acids is 1. The summed E-state index contributed by atoms with van der Waals surface area (Å²) >= 11 is 12.1. The zero-order chi connectivity index (χ0) is 18.6. The third-order valence-corrected chi connectivity index (χ3v) is 6.18. The Morgan fingerprint density at radius 1 is 1.22 bits per heavy atom. The monoisotopic (exact) mass is 401 g/mol. The Hall–Kier alpha value is -1.58. The molecule has 3 N–H and O–H groups in total. The van der Waals surface area contributed by atoms with Crippen molar-refractivity contribution in [3.05, 3.63) is 51.3 Å². The Bertz CT molecular complexity index is 905. The number of H-pyrrole nitrogens is 1. The molecule has 1 aromatic carbocycles. The van der Waals surface area contributed by atoms with E-state index in [1.165, 1.54) is 0 Å². The van der Waals surface area contributed by atoms with Crippen LogP contribution in [0.25, 0.3) is 0 Å². The Labute approximate surface area is 178 Å². The third-order valence-electron chi connectivity index (χ3n) is 5.23. The molecule has 1 aliphatic carbocycles. The van der Waals surface area contributed by atoms with Crippen molar-refractivity contribution < 1.29 is 14.7 Å². The summed E-state index contributed by atoms with van der Waals surface area (Å²) in [5, 5.41) is 12.8. The fourth-order valence-corrected chi connectivity index (χ4v) is 4.16. The average molecular weight is 402 g/mol. The number of hydrogen-bond donors (Lipinski definition) is 3. The molecular weight excluding hydrogens is 384 g/mol. The number of fused-ring (bicyclic) bond motifs is 1. The number of aryl methyl sites for hydroxylation is 1. The first-order valence-electron chi connectivity index (χ1n) is 8.29. The summed E-state index contributed by atoms with van der Waals surface area (Å²) in [6.45, 7) is 3.34. The number of hydrogen-bond acceptors (Lipinski definition) is 3. The number of benzene rings is 1. The van der Waals surface area contributed by atoms with Crippen LogP contribution in [0, 0.1) is 18.8 Å². The first-order valence-corrected chi connectivity index (χ1v) is 9.05. The van der Waals surface area contributed by atoms with Crippen molar-refractivity contribution >= 4 is 59.6 Å². The van der Waals surface area contributed by atoms with E-state index in [4.69, 9.17) is 28.3 Å². The second-order valence-electron chi connectivity index (χ2n) is 6.84. The molecule has 1 aliphatic heterocycles. The van der Waals surface area contributed by atoms with Crippen molar-refractivity contribution in [2.24, 2.45) is 11.8 Å². The van der Waals surface area contributed by atoms with Gasteiger partial charge in [0, 0.05) is 42.3 Å². The van der Waals surface area contributed by atoms with Gasteiger partial charge in [0.2, 0.25) is 0 Å². The molecule has 4 rings (SSSR count). The molecule has 0 unspecified atom stereocenters. The normalized spacial score (nSPS) is 22.8. The van der Waals surface area contributed by atoms with Crippen molar-refractivity contribution in [1.82, 2.24) is 10.3 Å². The van der Waals surface area contributed by atoms with Gasteiger partial charge in [0.25, 0.3) is 5.91 Å². The number of aromatic amines is 1. The molecule has 1 amide bonds. The van der Waals surface area contributed by atoms with Crippen LogP contribution in [0.4, 0.5) is 5.69 Å². The summed E-state index contributed by atoms with van der Waals surface area (Å²) in [5.74, 6) is -0.461. The average Bonchev–Trinajstić information content (AvgIpc) is 2.95. The number of carbonyl (C=O) groups is 2. The number of rotatable bonds is 4. The number of amides is 1. The molecule has 2 fully saturated rings. The van der Waals surface area contributed by atoms with E-state index in [-0.39, 0.29) is 41.4 Å². The van der Waals surface area contributed by atoms with Crippen LogP contribution in [0.15, 0.2) is 24.3 Å². The molecule has 3 atom stereocenters. The van der Waals surface area contributed by atoms with E-state index in [9.17, 15) is 9.59 Å². The van der Waals surface area contributed by atoms with Crippen LogP contribution in [0.1, 0.15) is 26.5 Å². The number of aromatic nitrogens is 1. The Morgan fingerprint density at radius 3 is 2.44 bits per heavy atom. The van der Waals surface area contributed by atoms with Gasteiger partial charge in [0.05, 0.1) is 15.6 Å². The van der Waals surface area contributed by atoms with Gasteiger partial charge in [-0.15, -0.1) is 0 Å². The van der Waals surface area contributed by atoms with Crippen LogP contribution in [-0.4, -0.2) is 60.0 Å². The quantitative estimate of drug-likeness (QED) is 0.687. The van der Waals surface area contributed by atoms with Gasteiger partial charge in [-0.05, 0) is 25.1 Å². The Balaban J connectivity index is 0.00000210. The molecular formula is C18H18Cl2LiN3O3. The van der Waals surface area contributed by atoms with E-state index < -0.39 is 5.97 Å². The summed E-state index contributed by atoms with van der Waals surface area (Å²) in [6.07, 6.45) is 0. The van der Waals surface area contributed by atoms with E-state index in [0.717, 1.165) is 18.8 Å². The fraction of sp³-hybridized carbons (Fsp3) is 0.333. The van der Waals surface area contributed by atoms with E-state index in [1.807, 2.05) is 6.07 Å². The summed E-state index contributed by atoms with van der Waals surface area (Å²) in [7, 11) is 0. The van der Waals surface area contributed by atoms with E-state index in [0.29, 0.717) is 28.2 Å². The zero-order valence-corrected chi connectivity index (χ0v) is 15.4. The third kappa shape index (κ3) is 3.60. The molecule has 0 bridgehead atoms. The summed E-state index contributed by atoms with van der Waals surface area (Å²) < 4.78 is 0. The van der Waals surface area contributed by atoms with Crippen LogP contribution < -0.4 is 10.2 Å². The molecule has 27 heavy (non-hydrogen) atoms. The molecule has 9 heteroatoms. The van der Waals surface area contributed by atoms with Gasteiger partial charge in [-0.3, -0.25) is 4.79 Å². The number of piperidine rings is 1. The van der Waals surface area contributed by atoms with Crippen LogP contribution in [0.3, 0.4) is 0 Å². The maximum atomic E-state index is 12.4. The van der Waals surface area contributed by atoms with Gasteiger partial charge < -0.3 is 20.3 Å². The first kappa shape index (κ1) is 20.2. The van der Waals surface area contributed by atoms with Crippen molar-refractivity contribution in [3.63, 3.8) is 0 Å². The van der Waals surface area contributed by atoms with Gasteiger partial charge in [0.1, 0.15) is 5.69 Å². The molecule has 0 spiro atoms. The molecule has 2 aliphatic rings. The minimum atomic E-state index is -0.932. The topological polar surface area (TPSA) is 85.4 Å². The molecule has 1 saturated heterocycles. The van der Waals surface area contributed by atoms with Gasteiger partial charge in [0.15, 0.2) is 0 Å². The number of carbonyl (C=O) groups excluding carboxylic acids is 1. The predicted molar refractivity (Wildman–Crippen MR) is 107 cm³/mol. The van der Waals surface area contributed by atoms with Crippen LogP contribution in [0.2, 0.25) is 10.0 Å². The second kappa shape index (κ2) is 7.44. The minimum absolute atomic E-state index is 0. The molecule has 1 saturated carbocycles. The van der Waals surface area contributed by atoms with E-state index >= 15 is 0 Å². The number of anilines is 1.